The first-order chi connectivity index (χ1) is 18.8. The highest BCUT2D eigenvalue weighted by molar-refractivity contribution is 5.93. The molecule has 39 heavy (non-hydrogen) atoms. The lowest BCUT2D eigenvalue weighted by molar-refractivity contribution is -0.154. The molecule has 10 nitrogen and oxygen atoms in total. The summed E-state index contributed by atoms with van der Waals surface area (Å²) in [5, 5.41) is 5.92. The zero-order valence-corrected chi connectivity index (χ0v) is 21.2. The first kappa shape index (κ1) is 27.7. The van der Waals surface area contributed by atoms with Crippen LogP contribution in [0.2, 0.25) is 0 Å². The molecule has 0 aliphatic carbocycles. The number of carbonyl (C=O) groups excluding carboxylic acids is 1. The molecule has 0 amide bonds. The maximum Gasteiger partial charge on any atom is 0.422 e. The first-order valence-corrected chi connectivity index (χ1v) is 12.3. The second-order valence-electron chi connectivity index (χ2n) is 8.57. The molecule has 0 unspecified atom stereocenters. The molecule has 0 atom stereocenters. The van der Waals surface area contributed by atoms with Crippen molar-refractivity contribution in [2.24, 2.45) is 0 Å². The average Bonchev–Trinajstić information content (AvgIpc) is 2.91. The van der Waals surface area contributed by atoms with E-state index in [9.17, 15) is 18.0 Å². The van der Waals surface area contributed by atoms with Crippen LogP contribution in [-0.4, -0.2) is 54.0 Å². The van der Waals surface area contributed by atoms with Gasteiger partial charge in [-0.25, -0.2) is 4.79 Å². The molecule has 4 rings (SSSR count). The predicted octanol–water partition coefficient (Wildman–Crippen LogP) is 5.29. The van der Waals surface area contributed by atoms with Crippen LogP contribution in [0.15, 0.2) is 42.5 Å². The van der Waals surface area contributed by atoms with Crippen LogP contribution in [0, 0.1) is 0 Å². The summed E-state index contributed by atoms with van der Waals surface area (Å²) in [6.45, 7) is -0.448. The summed E-state index contributed by atoms with van der Waals surface area (Å²) in [6.07, 6.45) is -1.14. The monoisotopic (exact) mass is 547 g/mol. The third-order valence-electron chi connectivity index (χ3n) is 5.59. The Labute approximate surface area is 222 Å². The molecule has 1 aromatic heterocycles. The van der Waals surface area contributed by atoms with E-state index in [0.717, 1.165) is 31.2 Å². The highest BCUT2D eigenvalue weighted by Gasteiger charge is 2.29. The van der Waals surface area contributed by atoms with E-state index in [1.54, 1.807) is 12.1 Å². The molecule has 1 aliphatic rings. The van der Waals surface area contributed by atoms with Gasteiger partial charge < -0.3 is 29.6 Å². The normalized spacial score (nSPS) is 14.5. The van der Waals surface area contributed by atoms with Crippen molar-refractivity contribution >= 4 is 23.6 Å². The van der Waals surface area contributed by atoms with Crippen LogP contribution in [0.1, 0.15) is 41.6 Å². The summed E-state index contributed by atoms with van der Waals surface area (Å²) >= 11 is 0. The largest absolute Gasteiger partial charge is 0.493 e. The minimum Gasteiger partial charge on any atom is -0.493 e. The summed E-state index contributed by atoms with van der Waals surface area (Å²) in [4.78, 5) is 24.5. The molecule has 4 bridgehead atoms. The van der Waals surface area contributed by atoms with Gasteiger partial charge in [0.25, 0.3) is 0 Å². The van der Waals surface area contributed by atoms with E-state index in [2.05, 4.69) is 25.6 Å². The highest BCUT2D eigenvalue weighted by Crippen LogP contribution is 2.28. The van der Waals surface area contributed by atoms with Crippen molar-refractivity contribution in [3.8, 4) is 17.5 Å². The lowest BCUT2D eigenvalue weighted by atomic mass is 10.1. The summed E-state index contributed by atoms with van der Waals surface area (Å²) in [5.41, 5.74) is 1.47. The molecule has 0 fully saturated rings. The van der Waals surface area contributed by atoms with Crippen molar-refractivity contribution in [3.63, 3.8) is 0 Å². The number of alkyl halides is 3. The SMILES string of the molecule is COC(=O)c1ccc2cc1OCCCCCCOc1ccccc1CNc1nc(nc(OCC(F)(F)F)n1)N2. The van der Waals surface area contributed by atoms with Crippen LogP contribution in [0.25, 0.3) is 0 Å². The molecule has 2 aromatic carbocycles. The minimum atomic E-state index is -4.58. The molecule has 13 heteroatoms. The van der Waals surface area contributed by atoms with Crippen LogP contribution >= 0.6 is 0 Å². The van der Waals surface area contributed by atoms with Gasteiger partial charge >= 0.3 is 18.2 Å². The van der Waals surface area contributed by atoms with E-state index in [-0.39, 0.29) is 29.8 Å². The van der Waals surface area contributed by atoms with Crippen LogP contribution in [0.4, 0.5) is 30.8 Å². The number of nitrogens with zero attached hydrogens (tertiary/aromatic N) is 3. The number of rotatable bonds is 3. The molecule has 2 N–H and O–H groups in total. The van der Waals surface area contributed by atoms with Gasteiger partial charge in [0.2, 0.25) is 11.9 Å². The number of para-hydroxylation sites is 1. The number of ether oxygens (including phenoxy) is 4. The third kappa shape index (κ3) is 8.35. The van der Waals surface area contributed by atoms with Crippen LogP contribution in [0.3, 0.4) is 0 Å². The summed E-state index contributed by atoms with van der Waals surface area (Å²) < 4.78 is 59.9. The molecule has 0 saturated heterocycles. The Kier molecular flexibility index (Phi) is 9.23. The molecular weight excluding hydrogens is 519 g/mol. The summed E-state index contributed by atoms with van der Waals surface area (Å²) in [5.74, 6) is 0.299. The van der Waals surface area contributed by atoms with Gasteiger partial charge in [-0.3, -0.25) is 0 Å². The quantitative estimate of drug-likeness (QED) is 0.419. The van der Waals surface area contributed by atoms with Gasteiger partial charge in [-0.05, 0) is 43.9 Å². The Morgan fingerprint density at radius 3 is 2.41 bits per heavy atom. The smallest absolute Gasteiger partial charge is 0.422 e. The second-order valence-corrected chi connectivity index (χ2v) is 8.57. The molecule has 0 radical (unpaired) electrons. The topological polar surface area (TPSA) is 117 Å². The van der Waals surface area contributed by atoms with Crippen molar-refractivity contribution in [3.05, 3.63) is 53.6 Å². The number of hydrogen-bond acceptors (Lipinski definition) is 10. The second kappa shape index (κ2) is 13.0. The fourth-order valence-electron chi connectivity index (χ4n) is 3.72. The lowest BCUT2D eigenvalue weighted by Gasteiger charge is -2.14. The first-order valence-electron chi connectivity index (χ1n) is 12.3. The summed E-state index contributed by atoms with van der Waals surface area (Å²) in [6, 6.07) is 11.6. The molecule has 0 saturated carbocycles. The molecule has 2 heterocycles. The number of esters is 1. The van der Waals surface area contributed by atoms with Gasteiger partial charge in [0.05, 0.1) is 20.3 Å². The van der Waals surface area contributed by atoms with E-state index in [1.807, 2.05) is 24.3 Å². The number of fused-ring (bicyclic) bond motifs is 5. The van der Waals surface area contributed by atoms with Crippen molar-refractivity contribution < 1.29 is 36.9 Å². The third-order valence-corrected chi connectivity index (χ3v) is 5.59. The van der Waals surface area contributed by atoms with Crippen molar-refractivity contribution in [1.29, 1.82) is 0 Å². The van der Waals surface area contributed by atoms with Gasteiger partial charge in [0, 0.05) is 23.9 Å². The van der Waals surface area contributed by atoms with Crippen molar-refractivity contribution in [2.75, 3.05) is 37.6 Å². The fraction of sp³-hybridized carbons (Fsp3) is 0.385. The molecule has 0 spiro atoms. The summed E-state index contributed by atoms with van der Waals surface area (Å²) in [7, 11) is 1.27. The minimum absolute atomic E-state index is 0.0138. The molecule has 208 valence electrons. The predicted molar refractivity (Wildman–Crippen MR) is 136 cm³/mol. The van der Waals surface area contributed by atoms with E-state index < -0.39 is 24.8 Å². The Morgan fingerprint density at radius 2 is 1.67 bits per heavy atom. The number of methoxy groups -OCH3 is 1. The number of hydrogen-bond donors (Lipinski definition) is 2. The Morgan fingerprint density at radius 1 is 0.949 bits per heavy atom. The van der Waals surface area contributed by atoms with E-state index in [1.165, 1.54) is 13.2 Å². The van der Waals surface area contributed by atoms with Gasteiger partial charge in [0.1, 0.15) is 17.1 Å². The number of benzene rings is 2. The number of halogens is 3. The van der Waals surface area contributed by atoms with E-state index >= 15 is 0 Å². The van der Waals surface area contributed by atoms with Crippen molar-refractivity contribution in [2.45, 2.75) is 38.4 Å². The van der Waals surface area contributed by atoms with Crippen LogP contribution in [0.5, 0.6) is 17.5 Å². The van der Waals surface area contributed by atoms with Crippen LogP contribution in [-0.2, 0) is 11.3 Å². The van der Waals surface area contributed by atoms with Gasteiger partial charge in [0.15, 0.2) is 6.61 Å². The van der Waals surface area contributed by atoms with Gasteiger partial charge in [-0.15, -0.1) is 0 Å². The fourth-order valence-corrected chi connectivity index (χ4v) is 3.72. The maximum absolute atomic E-state index is 12.8. The maximum atomic E-state index is 12.8. The number of aromatic nitrogens is 3. The van der Waals surface area contributed by atoms with E-state index in [0.29, 0.717) is 24.7 Å². The molecule has 3 aromatic rings. The Balaban J connectivity index is 1.66. The number of anilines is 3. The molecule has 1 aliphatic heterocycles. The zero-order chi connectivity index (χ0) is 27.7. The van der Waals surface area contributed by atoms with E-state index in [4.69, 9.17) is 18.9 Å². The standard InChI is InChI=1S/C26H28F3N5O5/c1-36-22(35)19-11-10-18-14-21(19)38-13-7-3-2-6-12-37-20-9-5-4-8-17(20)15-30-23-32-24(31-18)34-25(33-23)39-16-26(27,28)29/h4-5,8-11,14H,2-3,6-7,12-13,15-16H2,1H3,(H2,30,31,32,33,34). The number of nitrogens with one attached hydrogen (secondary N) is 2. The van der Waals surface area contributed by atoms with Gasteiger partial charge in [-0.2, -0.15) is 28.1 Å². The van der Waals surface area contributed by atoms with Crippen LogP contribution < -0.4 is 24.8 Å². The Bertz CT molecular complexity index is 1270. The van der Waals surface area contributed by atoms with Gasteiger partial charge in [-0.1, -0.05) is 18.2 Å². The number of carbonyl (C=O) groups is 1. The zero-order valence-electron chi connectivity index (χ0n) is 21.2. The van der Waals surface area contributed by atoms with Crippen molar-refractivity contribution in [1.82, 2.24) is 15.0 Å². The molecular formula is C26H28F3N5O5. The lowest BCUT2D eigenvalue weighted by Crippen LogP contribution is -2.21. The average molecular weight is 548 g/mol. The Hall–Kier alpha value is -4.29. The highest BCUT2D eigenvalue weighted by atomic mass is 19.4.